The second kappa shape index (κ2) is 6.43. The van der Waals surface area contributed by atoms with E-state index in [4.69, 9.17) is 9.56 Å². The number of carbonyl (C=O) groups is 1. The highest BCUT2D eigenvalue weighted by molar-refractivity contribution is 9.10. The van der Waals surface area contributed by atoms with Crippen LogP contribution in [0.5, 0.6) is 0 Å². The summed E-state index contributed by atoms with van der Waals surface area (Å²) in [6.45, 7) is 0. The first-order chi connectivity index (χ1) is 11.8. The lowest BCUT2D eigenvalue weighted by Crippen LogP contribution is -2.21. The molecule has 9 heteroatoms. The van der Waals surface area contributed by atoms with Gasteiger partial charge in [0.2, 0.25) is 15.5 Å². The van der Waals surface area contributed by atoms with Crippen molar-refractivity contribution in [2.24, 2.45) is 5.14 Å². The van der Waals surface area contributed by atoms with E-state index in [1.54, 1.807) is 24.3 Å². The Kier molecular flexibility index (Phi) is 4.46. The lowest BCUT2D eigenvalue weighted by atomic mass is 10.1. The number of nitrogens with two attached hydrogens (primary N) is 1. The first kappa shape index (κ1) is 17.3. The Morgan fingerprint density at radius 2 is 1.88 bits per heavy atom. The summed E-state index contributed by atoms with van der Waals surface area (Å²) in [6, 6.07) is 10.4. The summed E-state index contributed by atoms with van der Waals surface area (Å²) in [7, 11) is -3.86. The summed E-state index contributed by atoms with van der Waals surface area (Å²) >= 11 is 3.16. The molecule has 0 aliphatic heterocycles. The maximum atomic E-state index is 12.4. The molecule has 0 aliphatic carbocycles. The molecule has 0 unspecified atom stereocenters. The Hall–Kier alpha value is -2.49. The Labute approximate surface area is 150 Å². The maximum absolute atomic E-state index is 12.4. The number of fused-ring (bicyclic) bond motifs is 1. The second-order valence-electron chi connectivity index (χ2n) is 5.12. The minimum atomic E-state index is -3.86. The normalized spacial score (nSPS) is 11.4. The number of hydrogen-bond acceptors (Lipinski definition) is 5. The summed E-state index contributed by atoms with van der Waals surface area (Å²) in [5.41, 5.74) is 0.0328. The van der Waals surface area contributed by atoms with Gasteiger partial charge < -0.3 is 9.73 Å². The van der Waals surface area contributed by atoms with Crippen LogP contribution in [0.25, 0.3) is 11.0 Å². The van der Waals surface area contributed by atoms with Gasteiger partial charge in [-0.05, 0) is 46.3 Å². The van der Waals surface area contributed by atoms with Crippen LogP contribution in [0.2, 0.25) is 0 Å². The smallest absolute Gasteiger partial charge is 0.262 e. The van der Waals surface area contributed by atoms with E-state index in [9.17, 15) is 18.0 Å². The van der Waals surface area contributed by atoms with Crippen LogP contribution in [0.4, 0.5) is 5.69 Å². The third kappa shape index (κ3) is 3.48. The fraction of sp³-hybridized carbons (Fsp3) is 0. The van der Waals surface area contributed by atoms with E-state index in [0.29, 0.717) is 15.4 Å². The van der Waals surface area contributed by atoms with Crippen molar-refractivity contribution < 1.29 is 17.6 Å². The summed E-state index contributed by atoms with van der Waals surface area (Å²) in [4.78, 5) is 24.7. The molecular formula is C16H11BrN2O5S. The van der Waals surface area contributed by atoms with Gasteiger partial charge in [0.25, 0.3) is 5.91 Å². The molecule has 0 fully saturated rings. The first-order valence-electron chi connectivity index (χ1n) is 6.91. The van der Waals surface area contributed by atoms with Crippen molar-refractivity contribution in [2.45, 2.75) is 4.90 Å². The molecule has 3 aromatic rings. The van der Waals surface area contributed by atoms with Gasteiger partial charge in [0.05, 0.1) is 16.0 Å². The van der Waals surface area contributed by atoms with E-state index in [0.717, 1.165) is 6.26 Å². The molecule has 1 aromatic heterocycles. The Bertz CT molecular complexity index is 1150. The zero-order chi connectivity index (χ0) is 18.2. The number of nitrogens with one attached hydrogen (secondary N) is 1. The maximum Gasteiger partial charge on any atom is 0.262 e. The minimum absolute atomic E-state index is 0.109. The highest BCUT2D eigenvalue weighted by Crippen LogP contribution is 2.25. The topological polar surface area (TPSA) is 119 Å². The summed E-state index contributed by atoms with van der Waals surface area (Å²) < 4.78 is 28.3. The minimum Gasteiger partial charge on any atom is -0.463 e. The lowest BCUT2D eigenvalue weighted by molar-refractivity contribution is 0.102. The molecule has 0 spiro atoms. The predicted molar refractivity (Wildman–Crippen MR) is 96.0 cm³/mol. The quantitative estimate of drug-likeness (QED) is 0.671. The van der Waals surface area contributed by atoms with Gasteiger partial charge in [0, 0.05) is 4.47 Å². The van der Waals surface area contributed by atoms with Gasteiger partial charge >= 0.3 is 0 Å². The van der Waals surface area contributed by atoms with E-state index in [-0.39, 0.29) is 16.1 Å². The molecule has 2 aromatic carbocycles. The third-order valence-corrected chi connectivity index (χ3v) is 5.01. The van der Waals surface area contributed by atoms with Gasteiger partial charge in [0.1, 0.15) is 17.4 Å². The van der Waals surface area contributed by atoms with Gasteiger partial charge in [0.15, 0.2) is 0 Å². The van der Waals surface area contributed by atoms with Crippen molar-refractivity contribution in [1.29, 1.82) is 0 Å². The fourth-order valence-electron chi connectivity index (χ4n) is 2.20. The molecule has 1 amide bonds. The number of para-hydroxylation sites is 1. The Morgan fingerprint density at radius 3 is 2.56 bits per heavy atom. The van der Waals surface area contributed by atoms with Gasteiger partial charge in [-0.25, -0.2) is 13.6 Å². The number of hydrogen-bond donors (Lipinski definition) is 2. The summed E-state index contributed by atoms with van der Waals surface area (Å²) in [5, 5.41) is 7.87. The van der Waals surface area contributed by atoms with Crippen LogP contribution < -0.4 is 15.9 Å². The summed E-state index contributed by atoms with van der Waals surface area (Å²) in [6.07, 6.45) is 1.09. The van der Waals surface area contributed by atoms with Gasteiger partial charge in [-0.1, -0.05) is 12.1 Å². The average Bonchev–Trinajstić information content (AvgIpc) is 2.56. The van der Waals surface area contributed by atoms with Gasteiger partial charge in [-0.15, -0.1) is 0 Å². The van der Waals surface area contributed by atoms with Crippen molar-refractivity contribution in [3.05, 3.63) is 69.0 Å². The van der Waals surface area contributed by atoms with Crippen LogP contribution in [-0.2, 0) is 10.0 Å². The number of benzene rings is 2. The van der Waals surface area contributed by atoms with E-state index in [1.807, 2.05) is 0 Å². The molecule has 0 atom stereocenters. The number of sulfonamides is 1. The fourth-order valence-corrected chi connectivity index (χ4v) is 3.37. The zero-order valence-corrected chi connectivity index (χ0v) is 14.9. The van der Waals surface area contributed by atoms with Crippen LogP contribution in [0.15, 0.2) is 67.3 Å². The first-order valence-corrected chi connectivity index (χ1v) is 9.25. The van der Waals surface area contributed by atoms with Crippen molar-refractivity contribution in [2.75, 3.05) is 5.32 Å². The molecule has 1 heterocycles. The Balaban J connectivity index is 1.96. The van der Waals surface area contributed by atoms with Crippen LogP contribution in [0, 0.1) is 0 Å². The molecule has 0 radical (unpaired) electrons. The molecule has 0 bridgehead atoms. The predicted octanol–water partition coefficient (Wildman–Crippen LogP) is 2.46. The molecule has 7 nitrogen and oxygen atoms in total. The van der Waals surface area contributed by atoms with Crippen LogP contribution in [0.1, 0.15) is 10.4 Å². The van der Waals surface area contributed by atoms with E-state index in [2.05, 4.69) is 21.2 Å². The largest absolute Gasteiger partial charge is 0.463 e. The molecule has 128 valence electrons. The highest BCUT2D eigenvalue weighted by Gasteiger charge is 2.17. The van der Waals surface area contributed by atoms with Crippen molar-refractivity contribution >= 4 is 48.5 Å². The van der Waals surface area contributed by atoms with Crippen LogP contribution in [0.3, 0.4) is 0 Å². The molecular weight excluding hydrogens is 412 g/mol. The molecule has 0 saturated heterocycles. The van der Waals surface area contributed by atoms with Gasteiger partial charge in [-0.3, -0.25) is 9.59 Å². The van der Waals surface area contributed by atoms with E-state index in [1.165, 1.54) is 18.2 Å². The number of primary sulfonamides is 1. The van der Waals surface area contributed by atoms with Crippen molar-refractivity contribution in [3.8, 4) is 0 Å². The molecule has 0 aliphatic rings. The van der Waals surface area contributed by atoms with Crippen molar-refractivity contribution in [1.82, 2.24) is 0 Å². The summed E-state index contributed by atoms with van der Waals surface area (Å²) in [5.74, 6) is -0.677. The Morgan fingerprint density at radius 1 is 1.16 bits per heavy atom. The SMILES string of the molecule is NS(=O)(=O)c1ccc(NC(=O)c2coc3ccccc3c2=O)c(Br)c1. The van der Waals surface area contributed by atoms with E-state index < -0.39 is 21.4 Å². The monoisotopic (exact) mass is 422 g/mol. The molecule has 3 N–H and O–H groups in total. The number of halogens is 1. The molecule has 25 heavy (non-hydrogen) atoms. The number of amides is 1. The highest BCUT2D eigenvalue weighted by atomic mass is 79.9. The van der Waals surface area contributed by atoms with Gasteiger partial charge in [-0.2, -0.15) is 0 Å². The van der Waals surface area contributed by atoms with Crippen LogP contribution in [-0.4, -0.2) is 14.3 Å². The second-order valence-corrected chi connectivity index (χ2v) is 7.53. The molecule has 0 saturated carbocycles. The zero-order valence-electron chi connectivity index (χ0n) is 12.5. The standard InChI is InChI=1S/C16H11BrN2O5S/c17-12-7-9(25(18,22)23)5-6-13(12)19-16(21)11-8-24-14-4-2-1-3-10(14)15(11)20/h1-8H,(H,19,21)(H2,18,22,23). The number of anilines is 1. The number of carbonyl (C=O) groups excluding carboxylic acids is 1. The number of rotatable bonds is 3. The third-order valence-electron chi connectivity index (χ3n) is 3.44. The van der Waals surface area contributed by atoms with Crippen molar-refractivity contribution in [3.63, 3.8) is 0 Å². The average molecular weight is 423 g/mol. The lowest BCUT2D eigenvalue weighted by Gasteiger charge is -2.08. The van der Waals surface area contributed by atoms with Crippen LogP contribution >= 0.6 is 15.9 Å². The van der Waals surface area contributed by atoms with E-state index >= 15 is 0 Å². The molecule has 3 rings (SSSR count).